The molecule has 0 heterocycles. The van der Waals surface area contributed by atoms with Gasteiger partial charge in [-0.3, -0.25) is 26.5 Å². The van der Waals surface area contributed by atoms with E-state index in [0.717, 1.165) is 17.3 Å². The molecule has 12 heteroatoms. The Balaban J connectivity index is 3.51. The van der Waals surface area contributed by atoms with Gasteiger partial charge in [-0.1, -0.05) is 0 Å². The highest BCUT2D eigenvalue weighted by Gasteiger charge is 2.26. The largest absolute Gasteiger partial charge is 0.478 e. The van der Waals surface area contributed by atoms with Crippen molar-refractivity contribution in [1.82, 2.24) is 21.3 Å². The molecule has 0 aliphatic carbocycles. The lowest BCUT2D eigenvalue weighted by Gasteiger charge is -2.18. The third-order valence-electron chi connectivity index (χ3n) is 3.01. The average Bonchev–Trinajstić information content (AvgIpc) is 2.52. The first-order valence-electron chi connectivity index (χ1n) is 6.77. The van der Waals surface area contributed by atoms with Crippen LogP contribution >= 0.6 is 0 Å². The summed E-state index contributed by atoms with van der Waals surface area (Å²) in [6.45, 7) is 0. The van der Waals surface area contributed by atoms with E-state index in [2.05, 4.69) is 16.2 Å². The Hall–Kier alpha value is -3.06. The van der Waals surface area contributed by atoms with Gasteiger partial charge in [0.25, 0.3) is 11.8 Å². The Morgan fingerprint density at radius 1 is 0.960 bits per heavy atom. The zero-order valence-corrected chi connectivity index (χ0v) is 13.4. The van der Waals surface area contributed by atoms with Crippen molar-refractivity contribution in [2.24, 2.45) is 11.5 Å². The molecule has 0 aliphatic rings. The second-order valence-corrected chi connectivity index (χ2v) is 4.78. The number of carboxylic acid groups (broad SMARTS) is 2. The fourth-order valence-electron chi connectivity index (χ4n) is 1.83. The number of nitrogens with zero attached hydrogens (tertiary/aromatic N) is 1. The summed E-state index contributed by atoms with van der Waals surface area (Å²) in [5.74, 6) is -4.95. The molecule has 0 spiro atoms. The number of carbonyl (C=O) groups is 4. The van der Waals surface area contributed by atoms with E-state index in [4.69, 9.17) is 11.5 Å². The lowest BCUT2D eigenvalue weighted by Crippen LogP contribution is -2.48. The van der Waals surface area contributed by atoms with Crippen LogP contribution in [0.25, 0.3) is 0 Å². The Labute approximate surface area is 141 Å². The summed E-state index contributed by atoms with van der Waals surface area (Å²) < 4.78 is 0. The van der Waals surface area contributed by atoms with Gasteiger partial charge in [-0.25, -0.2) is 15.0 Å². The van der Waals surface area contributed by atoms with Crippen LogP contribution in [0.15, 0.2) is 12.1 Å². The van der Waals surface area contributed by atoms with Gasteiger partial charge in [0.2, 0.25) is 0 Å². The van der Waals surface area contributed by atoms with Crippen molar-refractivity contribution in [1.29, 1.82) is 0 Å². The van der Waals surface area contributed by atoms with E-state index in [1.54, 1.807) is 0 Å². The molecule has 2 amide bonds. The summed E-state index contributed by atoms with van der Waals surface area (Å²) in [4.78, 5) is 47.0. The third-order valence-corrected chi connectivity index (χ3v) is 3.01. The summed E-state index contributed by atoms with van der Waals surface area (Å²) in [5.41, 5.74) is 13.2. The Bertz CT molecular complexity index is 719. The van der Waals surface area contributed by atoms with Crippen molar-refractivity contribution >= 4 is 23.8 Å². The van der Waals surface area contributed by atoms with Gasteiger partial charge in [-0.15, -0.1) is 0 Å². The second kappa shape index (κ2) is 8.16. The quantitative estimate of drug-likeness (QED) is 0.207. The van der Waals surface area contributed by atoms with E-state index in [9.17, 15) is 29.4 Å². The lowest BCUT2D eigenvalue weighted by atomic mass is 9.97. The normalized spacial score (nSPS) is 10.6. The Kier molecular flexibility index (Phi) is 6.52. The highest BCUT2D eigenvalue weighted by atomic mass is 16.4. The molecule has 0 unspecified atom stereocenters. The third kappa shape index (κ3) is 4.95. The van der Waals surface area contributed by atoms with Crippen LogP contribution in [0.2, 0.25) is 0 Å². The lowest BCUT2D eigenvalue weighted by molar-refractivity contribution is 0.0668. The van der Waals surface area contributed by atoms with E-state index in [-0.39, 0.29) is 0 Å². The molecule has 0 saturated carbocycles. The molecule has 25 heavy (non-hydrogen) atoms. The van der Waals surface area contributed by atoms with Crippen LogP contribution in [0.4, 0.5) is 0 Å². The minimum atomic E-state index is -1.54. The number of aromatic carboxylic acids is 2. The van der Waals surface area contributed by atoms with E-state index in [0.29, 0.717) is 0 Å². The highest BCUT2D eigenvalue weighted by molar-refractivity contribution is 6.11. The predicted molar refractivity (Wildman–Crippen MR) is 84.3 cm³/mol. The first-order chi connectivity index (χ1) is 11.6. The van der Waals surface area contributed by atoms with Gasteiger partial charge in [0.1, 0.15) is 6.29 Å². The van der Waals surface area contributed by atoms with Gasteiger partial charge < -0.3 is 15.5 Å². The maximum atomic E-state index is 12.2. The number of benzene rings is 1. The van der Waals surface area contributed by atoms with E-state index in [1.807, 2.05) is 0 Å². The van der Waals surface area contributed by atoms with Gasteiger partial charge in [0.15, 0.2) is 0 Å². The molecule has 1 rings (SSSR count). The van der Waals surface area contributed by atoms with Crippen molar-refractivity contribution in [3.8, 4) is 0 Å². The number of rotatable bonds is 7. The maximum absolute atomic E-state index is 12.2. The van der Waals surface area contributed by atoms with Crippen LogP contribution in [-0.4, -0.2) is 59.5 Å². The summed E-state index contributed by atoms with van der Waals surface area (Å²) >= 11 is 0. The van der Waals surface area contributed by atoms with E-state index >= 15 is 0 Å². The predicted octanol–water partition coefficient (Wildman–Crippen LogP) is -2.28. The SMILES string of the molecule is CNN(C)NC(=O)c1cc(C(=O)O)c(C(=O)NC(N)N)cc1C(=O)O. The van der Waals surface area contributed by atoms with Gasteiger partial charge >= 0.3 is 11.9 Å². The molecule has 0 aliphatic heterocycles. The second-order valence-electron chi connectivity index (χ2n) is 4.78. The fraction of sp³-hybridized carbons (Fsp3) is 0.231. The van der Waals surface area contributed by atoms with Crippen LogP contribution in [-0.2, 0) is 0 Å². The molecule has 136 valence electrons. The maximum Gasteiger partial charge on any atom is 0.336 e. The molecule has 1 aromatic carbocycles. The molecule has 9 N–H and O–H groups in total. The molecular weight excluding hydrogens is 336 g/mol. The van der Waals surface area contributed by atoms with Crippen LogP contribution in [0.5, 0.6) is 0 Å². The number of hydrogen-bond acceptors (Lipinski definition) is 8. The molecule has 0 bridgehead atoms. The number of carbonyl (C=O) groups excluding carboxylic acids is 2. The van der Waals surface area contributed by atoms with Gasteiger partial charge in [0, 0.05) is 14.1 Å². The number of amides is 2. The van der Waals surface area contributed by atoms with Crippen LogP contribution in [0.3, 0.4) is 0 Å². The molecule has 0 aromatic heterocycles. The van der Waals surface area contributed by atoms with Crippen molar-refractivity contribution in [2.75, 3.05) is 14.1 Å². The van der Waals surface area contributed by atoms with Crippen LogP contribution < -0.4 is 27.6 Å². The zero-order chi connectivity index (χ0) is 19.3. The van der Waals surface area contributed by atoms with Crippen molar-refractivity contribution in [3.05, 3.63) is 34.4 Å². The number of hydrazine groups is 2. The zero-order valence-electron chi connectivity index (χ0n) is 13.4. The number of nitrogens with one attached hydrogen (secondary N) is 3. The Morgan fingerprint density at radius 3 is 1.76 bits per heavy atom. The standard InChI is InChI=1S/C13H18N6O6/c1-16-19(2)18-10(21)6-4-7(11(22)23)5(3-8(6)12(24)25)9(20)17-13(14)15/h3-4,13,16H,14-15H2,1-2H3,(H,17,20)(H,18,21)(H,22,23)(H,24,25). The van der Waals surface area contributed by atoms with Crippen LogP contribution in [0, 0.1) is 0 Å². The molecule has 0 atom stereocenters. The molecular formula is C13H18N6O6. The molecule has 0 radical (unpaired) electrons. The highest BCUT2D eigenvalue weighted by Crippen LogP contribution is 2.18. The van der Waals surface area contributed by atoms with Crippen molar-refractivity contribution in [2.45, 2.75) is 6.29 Å². The van der Waals surface area contributed by atoms with E-state index in [1.165, 1.54) is 14.1 Å². The van der Waals surface area contributed by atoms with Crippen LogP contribution in [0.1, 0.15) is 41.4 Å². The monoisotopic (exact) mass is 354 g/mol. The summed E-state index contributed by atoms with van der Waals surface area (Å²) in [7, 11) is 2.92. The summed E-state index contributed by atoms with van der Waals surface area (Å²) in [6.07, 6.45) is -1.28. The number of carboxylic acids is 2. The Morgan fingerprint density at radius 2 is 1.40 bits per heavy atom. The number of hydrogen-bond donors (Lipinski definition) is 7. The molecule has 1 aromatic rings. The minimum absolute atomic E-state index is 0.444. The summed E-state index contributed by atoms with van der Waals surface area (Å²) in [5, 5.41) is 21.7. The molecule has 12 nitrogen and oxygen atoms in total. The minimum Gasteiger partial charge on any atom is -0.478 e. The first kappa shape index (κ1) is 20.0. The van der Waals surface area contributed by atoms with Gasteiger partial charge in [-0.2, -0.15) is 5.12 Å². The number of nitrogens with two attached hydrogens (primary N) is 2. The first-order valence-corrected chi connectivity index (χ1v) is 6.77. The molecule has 0 saturated heterocycles. The van der Waals surface area contributed by atoms with Crippen molar-refractivity contribution in [3.63, 3.8) is 0 Å². The fourth-order valence-corrected chi connectivity index (χ4v) is 1.83. The van der Waals surface area contributed by atoms with Gasteiger partial charge in [0.05, 0.1) is 22.3 Å². The van der Waals surface area contributed by atoms with Gasteiger partial charge in [-0.05, 0) is 12.1 Å². The van der Waals surface area contributed by atoms with E-state index < -0.39 is 52.3 Å². The topological polar surface area (TPSA) is 200 Å². The summed E-state index contributed by atoms with van der Waals surface area (Å²) in [6, 6.07) is 1.57. The average molecular weight is 354 g/mol. The molecule has 0 fully saturated rings. The smallest absolute Gasteiger partial charge is 0.336 e. The van der Waals surface area contributed by atoms with Crippen molar-refractivity contribution < 1.29 is 29.4 Å².